The third-order valence-electron chi connectivity index (χ3n) is 5.95. The van der Waals surface area contributed by atoms with Gasteiger partial charge in [0.05, 0.1) is 23.4 Å². The van der Waals surface area contributed by atoms with E-state index in [0.29, 0.717) is 16.5 Å². The number of hydrogen-bond acceptors (Lipinski definition) is 5. The molecule has 0 aliphatic heterocycles. The highest BCUT2D eigenvalue weighted by Crippen LogP contribution is 2.42. The van der Waals surface area contributed by atoms with Gasteiger partial charge in [0.2, 0.25) is 0 Å². The van der Waals surface area contributed by atoms with Gasteiger partial charge in [0.25, 0.3) is 5.91 Å². The minimum Gasteiger partial charge on any atom is -0.379 e. The topological polar surface area (TPSA) is 85.4 Å². The molecule has 4 aromatic rings. The van der Waals surface area contributed by atoms with Crippen molar-refractivity contribution in [2.24, 2.45) is 5.92 Å². The van der Waals surface area contributed by atoms with Crippen LogP contribution in [0.1, 0.15) is 34.8 Å². The molecule has 1 fully saturated rings. The lowest BCUT2D eigenvalue weighted by Crippen LogP contribution is -2.31. The number of carbonyl (C=O) groups excluding carboxylic acids is 1. The monoisotopic (exact) mass is 490 g/mol. The van der Waals surface area contributed by atoms with E-state index in [4.69, 9.17) is 4.18 Å². The molecule has 0 radical (unpaired) electrons. The molecule has 1 heterocycles. The van der Waals surface area contributed by atoms with Gasteiger partial charge >= 0.3 is 10.1 Å². The van der Waals surface area contributed by atoms with Gasteiger partial charge in [-0.05, 0) is 42.5 Å². The Hall–Kier alpha value is -3.78. The van der Waals surface area contributed by atoms with Crippen LogP contribution in [0.5, 0.6) is 5.75 Å². The van der Waals surface area contributed by atoms with Crippen LogP contribution >= 0.6 is 0 Å². The summed E-state index contributed by atoms with van der Waals surface area (Å²) in [6.07, 6.45) is 2.87. The first-order valence-corrected chi connectivity index (χ1v) is 13.1. The van der Waals surface area contributed by atoms with Crippen molar-refractivity contribution in [3.8, 4) is 17.0 Å². The van der Waals surface area contributed by atoms with Gasteiger partial charge in [0.1, 0.15) is 11.5 Å². The Balaban J connectivity index is 1.71. The van der Waals surface area contributed by atoms with Crippen molar-refractivity contribution in [2.45, 2.75) is 18.9 Å². The molecular weight excluding hydrogens is 467 g/mol. The van der Waals surface area contributed by atoms with Gasteiger partial charge in [-0.1, -0.05) is 60.7 Å². The second kappa shape index (κ2) is 9.11. The normalized spacial score (nSPS) is 14.5. The summed E-state index contributed by atoms with van der Waals surface area (Å²) in [7, 11) is -4.04. The SMILES string of the molecule is CS(=O)(=O)Oc1c(-c2cccc(F)c2)nc2ccccc2c1C(=O)N[C@H](c1ccccc1)C1CC1. The Morgan fingerprint density at radius 1 is 1.03 bits per heavy atom. The third kappa shape index (κ3) is 5.02. The van der Waals surface area contributed by atoms with Crippen LogP contribution < -0.4 is 9.50 Å². The molecule has 178 valence electrons. The summed E-state index contributed by atoms with van der Waals surface area (Å²) in [5.74, 6) is -0.944. The lowest BCUT2D eigenvalue weighted by Gasteiger charge is -2.21. The van der Waals surface area contributed by atoms with Crippen molar-refractivity contribution in [1.82, 2.24) is 10.3 Å². The second-order valence-corrected chi connectivity index (χ2v) is 10.3. The minimum atomic E-state index is -4.04. The van der Waals surface area contributed by atoms with E-state index in [9.17, 15) is 17.6 Å². The lowest BCUT2D eigenvalue weighted by molar-refractivity contribution is 0.0932. The Bertz CT molecular complexity index is 1520. The Kier molecular flexibility index (Phi) is 5.98. The fourth-order valence-corrected chi connectivity index (χ4v) is 4.73. The number of carbonyl (C=O) groups is 1. The van der Waals surface area contributed by atoms with Crippen LogP contribution in [0.25, 0.3) is 22.2 Å². The Morgan fingerprint density at radius 2 is 1.74 bits per heavy atom. The maximum atomic E-state index is 14.1. The van der Waals surface area contributed by atoms with Crippen molar-refractivity contribution >= 4 is 26.9 Å². The van der Waals surface area contributed by atoms with Crippen LogP contribution in [0.2, 0.25) is 0 Å². The van der Waals surface area contributed by atoms with Gasteiger partial charge in [0, 0.05) is 10.9 Å². The molecular formula is C27H23FN2O4S. The van der Waals surface area contributed by atoms with Crippen molar-refractivity contribution in [3.05, 3.63) is 95.8 Å². The Labute approximate surface area is 202 Å². The molecule has 1 aliphatic rings. The van der Waals surface area contributed by atoms with E-state index in [0.717, 1.165) is 24.7 Å². The van der Waals surface area contributed by atoms with Crippen LogP contribution in [-0.4, -0.2) is 25.6 Å². The van der Waals surface area contributed by atoms with Crippen LogP contribution in [0.4, 0.5) is 4.39 Å². The van der Waals surface area contributed by atoms with Crippen LogP contribution in [0.3, 0.4) is 0 Å². The van der Waals surface area contributed by atoms with Crippen LogP contribution in [0, 0.1) is 11.7 Å². The standard InChI is InChI=1S/C27H23FN2O4S/c1-35(32,33)34-26-23(27(31)30-24(18-14-15-18)17-8-3-2-4-9-17)21-12-5-6-13-22(21)29-25(26)19-10-7-11-20(28)16-19/h2-13,16,18,24H,14-15H2,1H3,(H,30,31)/t24-/m1/s1. The summed E-state index contributed by atoms with van der Waals surface area (Å²) < 4.78 is 44.0. The number of nitrogens with zero attached hydrogens (tertiary/aromatic N) is 1. The van der Waals surface area contributed by atoms with Gasteiger partial charge < -0.3 is 9.50 Å². The smallest absolute Gasteiger partial charge is 0.306 e. The van der Waals surface area contributed by atoms with E-state index in [1.165, 1.54) is 18.2 Å². The lowest BCUT2D eigenvalue weighted by atomic mass is 9.99. The molecule has 6 nitrogen and oxygen atoms in total. The summed E-state index contributed by atoms with van der Waals surface area (Å²) in [4.78, 5) is 18.4. The number of amides is 1. The van der Waals surface area contributed by atoms with E-state index in [-0.39, 0.29) is 29.0 Å². The molecule has 1 N–H and O–H groups in total. The summed E-state index contributed by atoms with van der Waals surface area (Å²) in [5.41, 5.74) is 1.84. The molecule has 8 heteroatoms. The first-order chi connectivity index (χ1) is 16.8. The van der Waals surface area contributed by atoms with Crippen molar-refractivity contribution in [3.63, 3.8) is 0 Å². The van der Waals surface area contributed by atoms with Crippen LogP contribution in [-0.2, 0) is 10.1 Å². The van der Waals surface area contributed by atoms with Gasteiger partial charge in [-0.15, -0.1) is 0 Å². The third-order valence-corrected chi connectivity index (χ3v) is 6.42. The number of fused-ring (bicyclic) bond motifs is 1. The second-order valence-electron chi connectivity index (χ2n) is 8.68. The quantitative estimate of drug-likeness (QED) is 0.357. The molecule has 0 unspecified atom stereocenters. The number of rotatable bonds is 7. The molecule has 0 bridgehead atoms. The molecule has 1 aromatic heterocycles. The summed E-state index contributed by atoms with van der Waals surface area (Å²) >= 11 is 0. The van der Waals surface area contributed by atoms with Gasteiger partial charge in [-0.25, -0.2) is 9.37 Å². The summed E-state index contributed by atoms with van der Waals surface area (Å²) in [6, 6.07) is 21.9. The first kappa shape index (κ1) is 23.0. The van der Waals surface area contributed by atoms with E-state index in [2.05, 4.69) is 10.3 Å². The summed E-state index contributed by atoms with van der Waals surface area (Å²) in [5, 5.41) is 3.54. The highest BCUT2D eigenvalue weighted by Gasteiger charge is 2.35. The molecule has 1 aliphatic carbocycles. The molecule has 1 amide bonds. The van der Waals surface area contributed by atoms with Crippen molar-refractivity contribution in [2.75, 3.05) is 6.26 Å². The maximum Gasteiger partial charge on any atom is 0.306 e. The number of benzene rings is 3. The highest BCUT2D eigenvalue weighted by molar-refractivity contribution is 7.86. The Morgan fingerprint density at radius 3 is 2.43 bits per heavy atom. The highest BCUT2D eigenvalue weighted by atomic mass is 32.2. The summed E-state index contributed by atoms with van der Waals surface area (Å²) in [6.45, 7) is 0. The zero-order valence-electron chi connectivity index (χ0n) is 18.9. The molecule has 1 atom stereocenters. The maximum absolute atomic E-state index is 14.1. The van der Waals surface area contributed by atoms with Crippen molar-refractivity contribution in [1.29, 1.82) is 0 Å². The minimum absolute atomic E-state index is 0.0434. The number of halogens is 1. The van der Waals surface area contributed by atoms with Crippen molar-refractivity contribution < 1.29 is 21.8 Å². The van der Waals surface area contributed by atoms with Gasteiger partial charge in [0.15, 0.2) is 5.75 Å². The molecule has 1 saturated carbocycles. The average molecular weight is 491 g/mol. The molecule has 35 heavy (non-hydrogen) atoms. The molecule has 0 saturated heterocycles. The fraction of sp³-hybridized carbons (Fsp3) is 0.185. The number of hydrogen-bond donors (Lipinski definition) is 1. The zero-order valence-corrected chi connectivity index (χ0v) is 19.8. The predicted octanol–water partition coefficient (Wildman–Crippen LogP) is 5.26. The van der Waals surface area contributed by atoms with Gasteiger partial charge in [-0.2, -0.15) is 8.42 Å². The molecule has 5 rings (SSSR count). The number of para-hydroxylation sites is 1. The molecule has 3 aromatic carbocycles. The van der Waals surface area contributed by atoms with E-state index in [1.54, 1.807) is 30.3 Å². The zero-order chi connectivity index (χ0) is 24.6. The number of aromatic nitrogens is 1. The molecule has 0 spiro atoms. The van der Waals surface area contributed by atoms with Gasteiger partial charge in [-0.3, -0.25) is 4.79 Å². The number of nitrogens with one attached hydrogen (secondary N) is 1. The van der Waals surface area contributed by atoms with E-state index >= 15 is 0 Å². The first-order valence-electron chi connectivity index (χ1n) is 11.2. The van der Waals surface area contributed by atoms with E-state index in [1.807, 2.05) is 30.3 Å². The van der Waals surface area contributed by atoms with Crippen LogP contribution in [0.15, 0.2) is 78.9 Å². The predicted molar refractivity (Wildman–Crippen MR) is 132 cm³/mol. The van der Waals surface area contributed by atoms with E-state index < -0.39 is 21.8 Å². The number of pyridine rings is 1. The average Bonchev–Trinajstić information content (AvgIpc) is 3.67. The fourth-order valence-electron chi connectivity index (χ4n) is 4.26. The largest absolute Gasteiger partial charge is 0.379 e.